The summed E-state index contributed by atoms with van der Waals surface area (Å²) in [6.45, 7) is 4.51. The second-order valence-corrected chi connectivity index (χ2v) is 8.38. The van der Waals surface area contributed by atoms with Crippen molar-refractivity contribution < 1.29 is 0 Å². The van der Waals surface area contributed by atoms with Crippen molar-refractivity contribution in [2.24, 2.45) is 5.92 Å². The van der Waals surface area contributed by atoms with Gasteiger partial charge in [-0.25, -0.2) is 0 Å². The third kappa shape index (κ3) is 4.74. The average Bonchev–Trinajstić information content (AvgIpc) is 2.59. The number of rotatable bonds is 5. The fraction of sp³-hybridized carbons (Fsp3) is 0.182. The second-order valence-electron chi connectivity index (χ2n) is 6.55. The first-order valence-electron chi connectivity index (χ1n) is 8.43. The Kier molecular flexibility index (Phi) is 5.98. The molecule has 0 radical (unpaired) electrons. The van der Waals surface area contributed by atoms with Crippen molar-refractivity contribution in [2.45, 2.75) is 20.3 Å². The van der Waals surface area contributed by atoms with Crippen molar-refractivity contribution in [3.63, 3.8) is 0 Å². The zero-order valence-corrected chi connectivity index (χ0v) is 17.6. The highest BCUT2D eigenvalue weighted by Gasteiger charge is 2.12. The van der Waals surface area contributed by atoms with Gasteiger partial charge in [0, 0.05) is 26.0 Å². The minimum atomic E-state index is 0.667. The second kappa shape index (κ2) is 8.20. The van der Waals surface area contributed by atoms with Crippen molar-refractivity contribution in [1.29, 1.82) is 0 Å². The van der Waals surface area contributed by atoms with Crippen LogP contribution in [0, 0.1) is 5.92 Å². The van der Waals surface area contributed by atoms with Crippen LogP contribution in [0.5, 0.6) is 0 Å². The molecule has 0 aliphatic carbocycles. The molecular weight excluding hydrogens is 438 g/mol. The van der Waals surface area contributed by atoms with E-state index in [1.54, 1.807) is 0 Å². The Morgan fingerprint density at radius 2 is 1.00 bits per heavy atom. The Morgan fingerprint density at radius 3 is 1.36 bits per heavy atom. The Labute approximate surface area is 167 Å². The summed E-state index contributed by atoms with van der Waals surface area (Å²) >= 11 is 7.05. The van der Waals surface area contributed by atoms with E-state index in [2.05, 4.69) is 123 Å². The smallest absolute Gasteiger partial charge is 0.0462 e. The monoisotopic (exact) mass is 457 g/mol. The van der Waals surface area contributed by atoms with Crippen LogP contribution in [0.2, 0.25) is 0 Å². The highest BCUT2D eigenvalue weighted by molar-refractivity contribution is 9.10. The van der Waals surface area contributed by atoms with E-state index in [-0.39, 0.29) is 0 Å². The lowest BCUT2D eigenvalue weighted by molar-refractivity contribution is 0.647. The van der Waals surface area contributed by atoms with Gasteiger partial charge in [-0.2, -0.15) is 0 Å². The maximum atomic E-state index is 3.52. The molecule has 0 bridgehead atoms. The number of nitrogens with zero attached hydrogens (tertiary/aromatic N) is 1. The largest absolute Gasteiger partial charge is 0.311 e. The van der Waals surface area contributed by atoms with Gasteiger partial charge in [-0.15, -0.1) is 0 Å². The Bertz CT molecular complexity index is 761. The first-order chi connectivity index (χ1) is 12.0. The molecule has 3 rings (SSSR count). The van der Waals surface area contributed by atoms with Crippen LogP contribution < -0.4 is 4.90 Å². The number of benzene rings is 3. The number of halogens is 2. The molecule has 0 aliphatic rings. The molecular formula is C22H21Br2N. The lowest BCUT2D eigenvalue weighted by atomic mass is 10.0. The fourth-order valence-electron chi connectivity index (χ4n) is 2.88. The van der Waals surface area contributed by atoms with Crippen LogP contribution in [0.4, 0.5) is 17.1 Å². The number of hydrogen-bond donors (Lipinski definition) is 0. The molecule has 0 fully saturated rings. The summed E-state index contributed by atoms with van der Waals surface area (Å²) in [6.07, 6.45) is 1.11. The zero-order chi connectivity index (χ0) is 17.8. The number of anilines is 3. The molecule has 0 spiro atoms. The van der Waals surface area contributed by atoms with Gasteiger partial charge in [0.05, 0.1) is 0 Å². The normalized spacial score (nSPS) is 10.9. The topological polar surface area (TPSA) is 3.24 Å². The van der Waals surface area contributed by atoms with E-state index in [1.165, 1.54) is 5.56 Å². The van der Waals surface area contributed by atoms with Gasteiger partial charge >= 0.3 is 0 Å². The van der Waals surface area contributed by atoms with Crippen LogP contribution in [-0.4, -0.2) is 0 Å². The van der Waals surface area contributed by atoms with Gasteiger partial charge in [0.2, 0.25) is 0 Å². The van der Waals surface area contributed by atoms with Crippen molar-refractivity contribution in [2.75, 3.05) is 4.90 Å². The molecule has 0 saturated heterocycles. The van der Waals surface area contributed by atoms with Gasteiger partial charge in [0.25, 0.3) is 0 Å². The highest BCUT2D eigenvalue weighted by atomic mass is 79.9. The number of hydrogen-bond acceptors (Lipinski definition) is 1. The van der Waals surface area contributed by atoms with Crippen LogP contribution in [0.15, 0.2) is 81.7 Å². The standard InChI is InChI=1S/C22H21Br2N/c1-16(2)15-17-3-9-20(10-4-17)25(21-11-5-18(23)6-12-21)22-13-7-19(24)8-14-22/h3-14,16H,15H2,1-2H3. The molecule has 0 atom stereocenters. The molecule has 0 saturated carbocycles. The molecule has 3 heteroatoms. The molecule has 0 aromatic heterocycles. The summed E-state index contributed by atoms with van der Waals surface area (Å²) in [5, 5.41) is 0. The average molecular weight is 459 g/mol. The van der Waals surface area contributed by atoms with Gasteiger partial charge < -0.3 is 4.90 Å². The lowest BCUT2D eigenvalue weighted by Crippen LogP contribution is -2.09. The molecule has 128 valence electrons. The summed E-state index contributed by atoms with van der Waals surface area (Å²) < 4.78 is 2.17. The first kappa shape index (κ1) is 18.2. The van der Waals surface area contributed by atoms with E-state index in [1.807, 2.05) is 0 Å². The van der Waals surface area contributed by atoms with Crippen LogP contribution in [0.1, 0.15) is 19.4 Å². The van der Waals surface area contributed by atoms with Crippen molar-refractivity contribution in [3.05, 3.63) is 87.3 Å². The highest BCUT2D eigenvalue weighted by Crippen LogP contribution is 2.35. The van der Waals surface area contributed by atoms with E-state index in [0.29, 0.717) is 5.92 Å². The molecule has 25 heavy (non-hydrogen) atoms. The maximum Gasteiger partial charge on any atom is 0.0462 e. The molecule has 0 amide bonds. The van der Waals surface area contributed by atoms with Crippen LogP contribution in [-0.2, 0) is 6.42 Å². The molecule has 0 N–H and O–H groups in total. The van der Waals surface area contributed by atoms with Crippen LogP contribution in [0.25, 0.3) is 0 Å². The third-order valence-corrected chi connectivity index (χ3v) is 5.07. The van der Waals surface area contributed by atoms with Gasteiger partial charge in [-0.05, 0) is 78.6 Å². The van der Waals surface area contributed by atoms with Gasteiger partial charge in [0.1, 0.15) is 0 Å². The Balaban J connectivity index is 2.01. The van der Waals surface area contributed by atoms with Gasteiger partial charge in [-0.3, -0.25) is 0 Å². The summed E-state index contributed by atoms with van der Waals surface area (Å²) in [5.74, 6) is 0.667. The van der Waals surface area contributed by atoms with Gasteiger partial charge in [-0.1, -0.05) is 57.8 Å². The van der Waals surface area contributed by atoms with Gasteiger partial charge in [0.15, 0.2) is 0 Å². The van der Waals surface area contributed by atoms with Crippen molar-refractivity contribution in [3.8, 4) is 0 Å². The first-order valence-corrected chi connectivity index (χ1v) is 10.0. The Hall–Kier alpha value is -1.58. The summed E-state index contributed by atoms with van der Waals surface area (Å²) in [7, 11) is 0. The van der Waals surface area contributed by atoms with E-state index in [4.69, 9.17) is 0 Å². The predicted octanol–water partition coefficient (Wildman–Crippen LogP) is 7.88. The fourth-order valence-corrected chi connectivity index (χ4v) is 3.41. The Morgan fingerprint density at radius 1 is 0.640 bits per heavy atom. The predicted molar refractivity (Wildman–Crippen MR) is 115 cm³/mol. The van der Waals surface area contributed by atoms with E-state index in [9.17, 15) is 0 Å². The quantitative estimate of drug-likeness (QED) is 0.375. The van der Waals surface area contributed by atoms with Crippen molar-refractivity contribution in [1.82, 2.24) is 0 Å². The SMILES string of the molecule is CC(C)Cc1ccc(N(c2ccc(Br)cc2)c2ccc(Br)cc2)cc1. The summed E-state index contributed by atoms with van der Waals surface area (Å²) in [5.41, 5.74) is 4.83. The zero-order valence-electron chi connectivity index (χ0n) is 14.4. The molecule has 3 aromatic rings. The molecule has 3 aromatic carbocycles. The van der Waals surface area contributed by atoms with E-state index < -0.39 is 0 Å². The maximum absolute atomic E-state index is 3.52. The lowest BCUT2D eigenvalue weighted by Gasteiger charge is -2.26. The minimum Gasteiger partial charge on any atom is -0.311 e. The molecule has 0 heterocycles. The van der Waals surface area contributed by atoms with E-state index in [0.717, 1.165) is 32.4 Å². The third-order valence-electron chi connectivity index (χ3n) is 4.01. The van der Waals surface area contributed by atoms with Crippen LogP contribution >= 0.6 is 31.9 Å². The molecule has 0 unspecified atom stereocenters. The van der Waals surface area contributed by atoms with Crippen LogP contribution in [0.3, 0.4) is 0 Å². The summed E-state index contributed by atoms with van der Waals surface area (Å²) in [6, 6.07) is 25.7. The van der Waals surface area contributed by atoms with Crippen molar-refractivity contribution >= 4 is 48.9 Å². The molecule has 0 aliphatic heterocycles. The minimum absolute atomic E-state index is 0.667. The summed E-state index contributed by atoms with van der Waals surface area (Å²) in [4.78, 5) is 2.28. The van der Waals surface area contributed by atoms with E-state index >= 15 is 0 Å². The molecule has 1 nitrogen and oxygen atoms in total.